The molecule has 0 saturated carbocycles. The summed E-state index contributed by atoms with van der Waals surface area (Å²) in [6, 6.07) is 2.38. The quantitative estimate of drug-likeness (QED) is 0.644. The third-order valence-corrected chi connectivity index (χ3v) is 5.22. The number of urea groups is 1. The maximum Gasteiger partial charge on any atom is 0.325 e. The van der Waals surface area contributed by atoms with Gasteiger partial charge in [0.25, 0.3) is 5.91 Å². The van der Waals surface area contributed by atoms with Crippen LogP contribution < -0.4 is 16.0 Å². The van der Waals surface area contributed by atoms with Gasteiger partial charge in [0.15, 0.2) is 0 Å². The predicted molar refractivity (Wildman–Crippen MR) is 103 cm³/mol. The Hall–Kier alpha value is -2.35. The number of rotatable bonds is 6. The van der Waals surface area contributed by atoms with E-state index in [1.807, 2.05) is 0 Å². The molecule has 4 amide bonds. The van der Waals surface area contributed by atoms with E-state index in [2.05, 4.69) is 43.6 Å². The van der Waals surface area contributed by atoms with Crippen LogP contribution in [-0.4, -0.2) is 45.9 Å². The van der Waals surface area contributed by atoms with Crippen molar-refractivity contribution in [3.63, 3.8) is 0 Å². The van der Waals surface area contributed by atoms with Crippen molar-refractivity contribution in [2.45, 2.75) is 83.1 Å². The van der Waals surface area contributed by atoms with Crippen LogP contribution in [0.4, 0.5) is 4.79 Å². The second-order valence-corrected chi connectivity index (χ2v) is 9.11. The largest absolute Gasteiger partial charge is 0.467 e. The standard InChI is InChI=1S/C20H30N4O4/c1-19(2)10-13(11-20(3,4)23-19)21-16(25)8-7-15-17(26)24(18(27)22-15)12-14-6-5-9-28-14/h5-6,9,13,15,23H,7-8,10-12H2,1-4H3,(H,21,25)(H,22,27). The van der Waals surface area contributed by atoms with Crippen molar-refractivity contribution in [3.8, 4) is 0 Å². The lowest BCUT2D eigenvalue weighted by molar-refractivity contribution is -0.128. The van der Waals surface area contributed by atoms with E-state index < -0.39 is 12.1 Å². The first-order chi connectivity index (χ1) is 13.0. The second kappa shape index (κ2) is 7.58. The Morgan fingerprint density at radius 2 is 1.93 bits per heavy atom. The van der Waals surface area contributed by atoms with Gasteiger partial charge in [0.05, 0.1) is 12.8 Å². The average Bonchev–Trinajstić information content (AvgIpc) is 3.14. The number of imide groups is 1. The number of hydrogen-bond donors (Lipinski definition) is 3. The van der Waals surface area contributed by atoms with Gasteiger partial charge in [0.2, 0.25) is 5.91 Å². The maximum atomic E-state index is 12.5. The van der Waals surface area contributed by atoms with Crippen molar-refractivity contribution in [1.82, 2.24) is 20.9 Å². The van der Waals surface area contributed by atoms with Gasteiger partial charge in [-0.25, -0.2) is 4.79 Å². The minimum Gasteiger partial charge on any atom is -0.467 e. The van der Waals surface area contributed by atoms with Gasteiger partial charge in [-0.1, -0.05) is 0 Å². The van der Waals surface area contributed by atoms with Gasteiger partial charge < -0.3 is 20.4 Å². The van der Waals surface area contributed by atoms with Crippen molar-refractivity contribution in [2.75, 3.05) is 0 Å². The predicted octanol–water partition coefficient (Wildman–Crippen LogP) is 1.91. The fourth-order valence-corrected chi connectivity index (χ4v) is 4.48. The molecule has 3 N–H and O–H groups in total. The Morgan fingerprint density at radius 3 is 2.54 bits per heavy atom. The van der Waals surface area contributed by atoms with Gasteiger partial charge in [-0.05, 0) is 59.1 Å². The van der Waals surface area contributed by atoms with E-state index in [0.717, 1.165) is 17.7 Å². The number of nitrogens with zero attached hydrogens (tertiary/aromatic N) is 1. The smallest absolute Gasteiger partial charge is 0.325 e. The Balaban J connectivity index is 1.49. The lowest BCUT2D eigenvalue weighted by atomic mass is 9.79. The van der Waals surface area contributed by atoms with E-state index in [1.165, 1.54) is 6.26 Å². The molecule has 0 spiro atoms. The summed E-state index contributed by atoms with van der Waals surface area (Å²) in [5, 5.41) is 9.34. The van der Waals surface area contributed by atoms with Crippen LogP contribution in [0.3, 0.4) is 0 Å². The summed E-state index contributed by atoms with van der Waals surface area (Å²) in [6.07, 6.45) is 3.66. The van der Waals surface area contributed by atoms with E-state index in [-0.39, 0.29) is 48.3 Å². The third kappa shape index (κ3) is 4.92. The van der Waals surface area contributed by atoms with E-state index in [0.29, 0.717) is 5.76 Å². The molecule has 0 radical (unpaired) electrons. The molecule has 1 aromatic heterocycles. The topological polar surface area (TPSA) is 104 Å². The Kier molecular flexibility index (Phi) is 5.52. The van der Waals surface area contributed by atoms with Gasteiger partial charge in [-0.15, -0.1) is 0 Å². The van der Waals surface area contributed by atoms with Crippen molar-refractivity contribution >= 4 is 17.8 Å². The molecule has 3 heterocycles. The summed E-state index contributed by atoms with van der Waals surface area (Å²) in [6.45, 7) is 8.63. The summed E-state index contributed by atoms with van der Waals surface area (Å²) in [5.41, 5.74) is -0.108. The first-order valence-corrected chi connectivity index (χ1v) is 9.78. The molecule has 2 saturated heterocycles. The number of carbonyl (C=O) groups is 3. The summed E-state index contributed by atoms with van der Waals surface area (Å²) >= 11 is 0. The highest BCUT2D eigenvalue weighted by molar-refractivity contribution is 6.04. The van der Waals surface area contributed by atoms with Gasteiger partial charge >= 0.3 is 6.03 Å². The Morgan fingerprint density at radius 1 is 1.25 bits per heavy atom. The number of amides is 4. The lowest BCUT2D eigenvalue weighted by Gasteiger charge is -2.46. The van der Waals surface area contributed by atoms with E-state index in [1.54, 1.807) is 12.1 Å². The third-order valence-electron chi connectivity index (χ3n) is 5.22. The monoisotopic (exact) mass is 390 g/mol. The highest BCUT2D eigenvalue weighted by Crippen LogP contribution is 2.28. The number of carbonyl (C=O) groups excluding carboxylic acids is 3. The summed E-state index contributed by atoms with van der Waals surface area (Å²) in [4.78, 5) is 38.1. The zero-order valence-corrected chi connectivity index (χ0v) is 17.0. The molecule has 0 bridgehead atoms. The summed E-state index contributed by atoms with van der Waals surface area (Å²) in [5.74, 6) is 0.126. The Labute approximate surface area is 165 Å². The Bertz CT molecular complexity index is 725. The molecule has 3 rings (SSSR count). The molecule has 0 aliphatic carbocycles. The normalized spacial score (nSPS) is 24.3. The molecule has 8 nitrogen and oxygen atoms in total. The maximum absolute atomic E-state index is 12.5. The minimum absolute atomic E-state index is 0.0541. The second-order valence-electron chi connectivity index (χ2n) is 9.11. The van der Waals surface area contributed by atoms with Crippen LogP contribution in [0.1, 0.15) is 59.1 Å². The first kappa shape index (κ1) is 20.4. The van der Waals surface area contributed by atoms with Crippen LogP contribution >= 0.6 is 0 Å². The molecular formula is C20H30N4O4. The molecule has 8 heteroatoms. The van der Waals surface area contributed by atoms with Crippen LogP contribution in [-0.2, 0) is 16.1 Å². The van der Waals surface area contributed by atoms with Gasteiger partial charge in [-0.2, -0.15) is 0 Å². The molecule has 28 heavy (non-hydrogen) atoms. The molecule has 2 aliphatic heterocycles. The van der Waals surface area contributed by atoms with Crippen LogP contribution in [0.5, 0.6) is 0 Å². The first-order valence-electron chi connectivity index (χ1n) is 9.78. The number of hydrogen-bond acceptors (Lipinski definition) is 5. The molecule has 1 unspecified atom stereocenters. The van der Waals surface area contributed by atoms with Crippen LogP contribution in [0, 0.1) is 0 Å². The van der Waals surface area contributed by atoms with Crippen LogP contribution in [0.2, 0.25) is 0 Å². The zero-order valence-electron chi connectivity index (χ0n) is 17.0. The van der Waals surface area contributed by atoms with Crippen molar-refractivity contribution in [2.24, 2.45) is 0 Å². The van der Waals surface area contributed by atoms with Gasteiger partial charge in [0.1, 0.15) is 11.8 Å². The molecule has 154 valence electrons. The van der Waals surface area contributed by atoms with Crippen LogP contribution in [0.15, 0.2) is 22.8 Å². The zero-order chi connectivity index (χ0) is 20.5. The van der Waals surface area contributed by atoms with E-state index in [9.17, 15) is 14.4 Å². The van der Waals surface area contributed by atoms with Crippen molar-refractivity contribution < 1.29 is 18.8 Å². The lowest BCUT2D eigenvalue weighted by Crippen LogP contribution is -2.62. The molecule has 0 aromatic carbocycles. The fraction of sp³-hybridized carbons (Fsp3) is 0.650. The van der Waals surface area contributed by atoms with E-state index in [4.69, 9.17) is 4.42 Å². The van der Waals surface area contributed by atoms with Crippen LogP contribution in [0.25, 0.3) is 0 Å². The number of piperidine rings is 1. The summed E-state index contributed by atoms with van der Waals surface area (Å²) < 4.78 is 5.20. The molecule has 1 aromatic rings. The number of furan rings is 1. The fourth-order valence-electron chi connectivity index (χ4n) is 4.48. The SMILES string of the molecule is CC1(C)CC(NC(=O)CCC2NC(=O)N(Cc3ccco3)C2=O)CC(C)(C)N1. The average molecular weight is 390 g/mol. The highest BCUT2D eigenvalue weighted by atomic mass is 16.3. The molecule has 2 fully saturated rings. The van der Waals surface area contributed by atoms with E-state index >= 15 is 0 Å². The van der Waals surface area contributed by atoms with Gasteiger partial charge in [-0.3, -0.25) is 14.5 Å². The van der Waals surface area contributed by atoms with Crippen molar-refractivity contribution in [3.05, 3.63) is 24.2 Å². The van der Waals surface area contributed by atoms with Gasteiger partial charge in [0, 0.05) is 23.5 Å². The molecular weight excluding hydrogens is 360 g/mol. The highest BCUT2D eigenvalue weighted by Gasteiger charge is 2.40. The molecule has 1 atom stereocenters. The minimum atomic E-state index is -0.672. The molecule has 2 aliphatic rings. The number of nitrogens with one attached hydrogen (secondary N) is 3. The summed E-state index contributed by atoms with van der Waals surface area (Å²) in [7, 11) is 0. The van der Waals surface area contributed by atoms with Crippen molar-refractivity contribution in [1.29, 1.82) is 0 Å².